The highest BCUT2D eigenvalue weighted by atomic mass is 35.5. The SMILES string of the molecule is CC(C)S(=O)(=O)N(C)C(=O)CCc1ccc(Cl)s1. The predicted octanol–water partition coefficient (Wildman–Crippen LogP) is 2.53. The standard InChI is InChI=1S/C11H16ClNO3S2/c1-8(2)18(15,16)13(3)11(14)7-5-9-4-6-10(12)17-9/h4,6,8H,5,7H2,1-3H3. The van der Waals surface area contributed by atoms with Crippen molar-refractivity contribution < 1.29 is 13.2 Å². The number of halogens is 1. The van der Waals surface area contributed by atoms with Gasteiger partial charge in [-0.05, 0) is 32.4 Å². The number of amides is 1. The van der Waals surface area contributed by atoms with Crippen LogP contribution in [0, 0.1) is 0 Å². The number of thiophene rings is 1. The fourth-order valence-corrected chi connectivity index (χ4v) is 3.43. The van der Waals surface area contributed by atoms with Gasteiger partial charge in [-0.3, -0.25) is 4.79 Å². The molecule has 0 N–H and O–H groups in total. The molecular formula is C11H16ClNO3S2. The van der Waals surface area contributed by atoms with Gasteiger partial charge in [-0.15, -0.1) is 11.3 Å². The number of rotatable bonds is 5. The molecule has 0 spiro atoms. The average Bonchev–Trinajstić information content (AvgIpc) is 2.70. The summed E-state index contributed by atoms with van der Waals surface area (Å²) in [6.07, 6.45) is 0.674. The van der Waals surface area contributed by atoms with E-state index in [1.807, 2.05) is 6.07 Å². The van der Waals surface area contributed by atoms with Crippen molar-refractivity contribution in [2.75, 3.05) is 7.05 Å². The molecule has 1 aromatic heterocycles. The number of sulfonamides is 1. The van der Waals surface area contributed by atoms with Gasteiger partial charge in [0.1, 0.15) is 0 Å². The van der Waals surface area contributed by atoms with E-state index >= 15 is 0 Å². The Morgan fingerprint density at radius 3 is 2.50 bits per heavy atom. The molecule has 0 saturated carbocycles. The van der Waals surface area contributed by atoms with E-state index in [1.54, 1.807) is 19.9 Å². The maximum absolute atomic E-state index is 11.8. The van der Waals surface area contributed by atoms with Crippen LogP contribution in [-0.4, -0.2) is 30.9 Å². The van der Waals surface area contributed by atoms with Crippen LogP contribution in [0.5, 0.6) is 0 Å². The first-order valence-corrected chi connectivity index (χ1v) is 8.19. The summed E-state index contributed by atoms with van der Waals surface area (Å²) in [6.45, 7) is 3.11. The Hall–Kier alpha value is -0.590. The van der Waals surface area contributed by atoms with Gasteiger partial charge in [-0.2, -0.15) is 0 Å². The molecule has 1 amide bonds. The number of carbonyl (C=O) groups is 1. The molecule has 0 fully saturated rings. The Labute approximate surface area is 117 Å². The molecule has 0 atom stereocenters. The van der Waals surface area contributed by atoms with E-state index in [-0.39, 0.29) is 6.42 Å². The minimum absolute atomic E-state index is 0.166. The van der Waals surface area contributed by atoms with Crippen LogP contribution in [0.15, 0.2) is 12.1 Å². The lowest BCUT2D eigenvalue weighted by Gasteiger charge is -2.19. The zero-order valence-corrected chi connectivity index (χ0v) is 12.9. The predicted molar refractivity (Wildman–Crippen MR) is 74.5 cm³/mol. The summed E-state index contributed by atoms with van der Waals surface area (Å²) in [5.74, 6) is -0.395. The van der Waals surface area contributed by atoms with Gasteiger partial charge in [0.2, 0.25) is 15.9 Å². The Balaban J connectivity index is 2.61. The minimum atomic E-state index is -3.51. The fourth-order valence-electron chi connectivity index (χ4n) is 1.33. The highest BCUT2D eigenvalue weighted by Crippen LogP contribution is 2.22. The summed E-state index contributed by atoms with van der Waals surface area (Å²) in [7, 11) is -2.21. The minimum Gasteiger partial charge on any atom is -0.274 e. The normalized spacial score (nSPS) is 11.8. The van der Waals surface area contributed by atoms with Crippen molar-refractivity contribution in [3.8, 4) is 0 Å². The van der Waals surface area contributed by atoms with Crippen LogP contribution in [0.1, 0.15) is 25.1 Å². The average molecular weight is 310 g/mol. The summed E-state index contributed by atoms with van der Waals surface area (Å²) in [5, 5.41) is -0.595. The first kappa shape index (κ1) is 15.5. The molecule has 4 nitrogen and oxygen atoms in total. The fraction of sp³-hybridized carbons (Fsp3) is 0.545. The van der Waals surface area contributed by atoms with Crippen LogP contribution in [0.4, 0.5) is 0 Å². The number of hydrogen-bond donors (Lipinski definition) is 0. The Kier molecular flexibility index (Phi) is 5.19. The van der Waals surface area contributed by atoms with Gasteiger partial charge in [-0.25, -0.2) is 12.7 Å². The monoisotopic (exact) mass is 309 g/mol. The van der Waals surface area contributed by atoms with Gasteiger partial charge >= 0.3 is 0 Å². The Morgan fingerprint density at radius 2 is 2.06 bits per heavy atom. The Morgan fingerprint density at radius 1 is 1.44 bits per heavy atom. The molecule has 0 unspecified atom stereocenters. The molecular weight excluding hydrogens is 294 g/mol. The molecule has 102 valence electrons. The topological polar surface area (TPSA) is 54.5 Å². The van der Waals surface area contributed by atoms with Crippen LogP contribution >= 0.6 is 22.9 Å². The maximum Gasteiger partial charge on any atom is 0.239 e. The van der Waals surface area contributed by atoms with Gasteiger partial charge < -0.3 is 0 Å². The second kappa shape index (κ2) is 6.04. The van der Waals surface area contributed by atoms with Gasteiger partial charge in [0.15, 0.2) is 0 Å². The van der Waals surface area contributed by atoms with Gasteiger partial charge in [0, 0.05) is 18.3 Å². The molecule has 0 aliphatic heterocycles. The van der Waals surface area contributed by atoms with Gasteiger partial charge in [0.25, 0.3) is 0 Å². The van der Waals surface area contributed by atoms with E-state index in [2.05, 4.69) is 0 Å². The van der Waals surface area contributed by atoms with Crippen molar-refractivity contribution in [3.63, 3.8) is 0 Å². The maximum atomic E-state index is 11.8. The van der Waals surface area contributed by atoms with E-state index < -0.39 is 21.2 Å². The van der Waals surface area contributed by atoms with Crippen molar-refractivity contribution in [2.45, 2.75) is 31.9 Å². The molecule has 7 heteroatoms. The third-order valence-corrected chi connectivity index (χ3v) is 5.99. The quantitative estimate of drug-likeness (QED) is 0.840. The summed E-state index contributed by atoms with van der Waals surface area (Å²) >= 11 is 7.18. The summed E-state index contributed by atoms with van der Waals surface area (Å²) in [6, 6.07) is 3.61. The highest BCUT2D eigenvalue weighted by Gasteiger charge is 2.26. The molecule has 0 aromatic carbocycles. The number of hydrogen-bond acceptors (Lipinski definition) is 4. The van der Waals surface area contributed by atoms with Crippen LogP contribution in [0.25, 0.3) is 0 Å². The second-order valence-corrected chi connectivity index (χ2v) is 8.48. The van der Waals surface area contributed by atoms with Crippen LogP contribution in [-0.2, 0) is 21.2 Å². The summed E-state index contributed by atoms with van der Waals surface area (Å²) < 4.78 is 25.1. The molecule has 0 aliphatic rings. The van der Waals surface area contributed by atoms with E-state index in [0.29, 0.717) is 10.8 Å². The van der Waals surface area contributed by atoms with Crippen LogP contribution < -0.4 is 0 Å². The third-order valence-electron chi connectivity index (χ3n) is 2.54. The van der Waals surface area contributed by atoms with Crippen LogP contribution in [0.2, 0.25) is 4.34 Å². The molecule has 18 heavy (non-hydrogen) atoms. The molecule has 1 heterocycles. The first-order chi connectivity index (χ1) is 8.25. The van der Waals surface area contributed by atoms with E-state index in [1.165, 1.54) is 18.4 Å². The molecule has 0 saturated heterocycles. The number of nitrogens with zero attached hydrogens (tertiary/aromatic N) is 1. The molecule has 1 rings (SSSR count). The van der Waals surface area contributed by atoms with Crippen LogP contribution in [0.3, 0.4) is 0 Å². The number of aryl methyl sites for hydroxylation is 1. The second-order valence-electron chi connectivity index (χ2n) is 4.16. The molecule has 0 aliphatic carbocycles. The van der Waals surface area contributed by atoms with Crippen molar-refractivity contribution in [1.29, 1.82) is 0 Å². The number of carbonyl (C=O) groups excluding carboxylic acids is 1. The van der Waals surface area contributed by atoms with E-state index in [0.717, 1.165) is 9.18 Å². The van der Waals surface area contributed by atoms with Crippen molar-refractivity contribution in [2.24, 2.45) is 0 Å². The molecule has 1 aromatic rings. The van der Waals surface area contributed by atoms with E-state index in [9.17, 15) is 13.2 Å². The smallest absolute Gasteiger partial charge is 0.239 e. The first-order valence-electron chi connectivity index (χ1n) is 5.50. The zero-order valence-electron chi connectivity index (χ0n) is 10.5. The van der Waals surface area contributed by atoms with Crippen molar-refractivity contribution >= 4 is 38.9 Å². The lowest BCUT2D eigenvalue weighted by atomic mass is 10.2. The lowest BCUT2D eigenvalue weighted by molar-refractivity contribution is -0.125. The van der Waals surface area contributed by atoms with E-state index in [4.69, 9.17) is 11.6 Å². The van der Waals surface area contributed by atoms with Crippen molar-refractivity contribution in [3.05, 3.63) is 21.3 Å². The summed E-state index contributed by atoms with van der Waals surface area (Å²) in [4.78, 5) is 12.8. The summed E-state index contributed by atoms with van der Waals surface area (Å²) in [5.41, 5.74) is 0. The zero-order chi connectivity index (χ0) is 13.9. The molecule has 0 radical (unpaired) electrons. The van der Waals surface area contributed by atoms with Gasteiger partial charge in [0.05, 0.1) is 9.59 Å². The highest BCUT2D eigenvalue weighted by molar-refractivity contribution is 7.90. The Bertz CT molecular complexity index is 522. The largest absolute Gasteiger partial charge is 0.274 e. The lowest BCUT2D eigenvalue weighted by Crippen LogP contribution is -2.37. The molecule has 0 bridgehead atoms. The third kappa shape index (κ3) is 3.70. The van der Waals surface area contributed by atoms with Crippen molar-refractivity contribution in [1.82, 2.24) is 4.31 Å². The van der Waals surface area contributed by atoms with Gasteiger partial charge in [-0.1, -0.05) is 11.6 Å².